The molecule has 0 saturated carbocycles. The second-order valence-corrected chi connectivity index (χ2v) is 6.10. The third kappa shape index (κ3) is 3.67. The fourth-order valence-corrected chi connectivity index (χ4v) is 2.86. The number of rotatable bonds is 4. The molecule has 2 rings (SSSR count). The molecule has 1 N–H and O–H groups in total. The third-order valence-corrected chi connectivity index (χ3v) is 4.41. The van der Waals surface area contributed by atoms with Crippen LogP contribution >= 0.6 is 39.1 Å². The highest BCUT2D eigenvalue weighted by molar-refractivity contribution is 9.10. The highest BCUT2D eigenvalue weighted by Gasteiger charge is 2.16. The first kappa shape index (κ1) is 16.1. The fraction of sp³-hybridized carbons (Fsp3) is 0.143. The van der Waals surface area contributed by atoms with E-state index < -0.39 is 4.92 Å². The predicted octanol–water partition coefficient (Wildman–Crippen LogP) is 5.58. The summed E-state index contributed by atoms with van der Waals surface area (Å²) in [7, 11) is 0. The molecule has 0 saturated heterocycles. The van der Waals surface area contributed by atoms with Crippen molar-refractivity contribution in [3.8, 4) is 0 Å². The van der Waals surface area contributed by atoms with Gasteiger partial charge in [-0.25, -0.2) is 0 Å². The SMILES string of the molecule is Cc1cc(Br)c(NCc2c(Cl)cccc2[N+](=O)[O-])cc1Cl. The molecule has 0 unspecified atom stereocenters. The van der Waals surface area contributed by atoms with E-state index >= 15 is 0 Å². The number of hydrogen-bond donors (Lipinski definition) is 1. The van der Waals surface area contributed by atoms with E-state index in [4.69, 9.17) is 23.2 Å². The zero-order valence-corrected chi connectivity index (χ0v) is 14.1. The van der Waals surface area contributed by atoms with Gasteiger partial charge in [0.25, 0.3) is 5.69 Å². The van der Waals surface area contributed by atoms with Crippen molar-refractivity contribution < 1.29 is 4.92 Å². The van der Waals surface area contributed by atoms with Gasteiger partial charge in [-0.3, -0.25) is 10.1 Å². The van der Waals surface area contributed by atoms with E-state index in [2.05, 4.69) is 21.2 Å². The number of aryl methyl sites for hydroxylation is 1. The minimum atomic E-state index is -0.444. The molecule has 0 aliphatic heterocycles. The van der Waals surface area contributed by atoms with Crippen molar-refractivity contribution in [1.82, 2.24) is 0 Å². The number of nitro groups is 1. The zero-order valence-electron chi connectivity index (χ0n) is 11.0. The Hall–Kier alpha value is -1.30. The summed E-state index contributed by atoms with van der Waals surface area (Å²) in [5, 5.41) is 15.1. The zero-order chi connectivity index (χ0) is 15.6. The van der Waals surface area contributed by atoms with Crippen LogP contribution in [0.2, 0.25) is 10.0 Å². The van der Waals surface area contributed by atoms with E-state index in [1.165, 1.54) is 6.07 Å². The minimum Gasteiger partial charge on any atom is -0.380 e. The third-order valence-electron chi connectivity index (χ3n) is 2.99. The summed E-state index contributed by atoms with van der Waals surface area (Å²) >= 11 is 15.6. The van der Waals surface area contributed by atoms with Crippen molar-refractivity contribution >= 4 is 50.5 Å². The van der Waals surface area contributed by atoms with E-state index in [1.807, 2.05) is 13.0 Å². The van der Waals surface area contributed by atoms with Gasteiger partial charge in [0.2, 0.25) is 0 Å². The lowest BCUT2D eigenvalue weighted by Crippen LogP contribution is -2.04. The van der Waals surface area contributed by atoms with Crippen LogP contribution in [0.15, 0.2) is 34.8 Å². The van der Waals surface area contributed by atoms with Crippen molar-refractivity contribution in [3.05, 3.63) is 66.1 Å². The summed E-state index contributed by atoms with van der Waals surface area (Å²) in [6.45, 7) is 2.13. The maximum Gasteiger partial charge on any atom is 0.275 e. The average molecular weight is 390 g/mol. The summed E-state index contributed by atoms with van der Waals surface area (Å²) in [6.07, 6.45) is 0. The molecular weight excluding hydrogens is 379 g/mol. The summed E-state index contributed by atoms with van der Waals surface area (Å²) in [4.78, 5) is 10.6. The van der Waals surface area contributed by atoms with Crippen LogP contribution in [0.1, 0.15) is 11.1 Å². The van der Waals surface area contributed by atoms with E-state index in [0.717, 1.165) is 15.7 Å². The normalized spacial score (nSPS) is 10.5. The summed E-state index contributed by atoms with van der Waals surface area (Å²) in [5.41, 5.74) is 2.12. The van der Waals surface area contributed by atoms with Gasteiger partial charge in [0, 0.05) is 22.1 Å². The number of benzene rings is 2. The molecule has 0 atom stereocenters. The quantitative estimate of drug-likeness (QED) is 0.548. The number of nitrogens with zero attached hydrogens (tertiary/aromatic N) is 1. The van der Waals surface area contributed by atoms with E-state index in [-0.39, 0.29) is 12.2 Å². The lowest BCUT2D eigenvalue weighted by molar-refractivity contribution is -0.385. The second kappa shape index (κ2) is 6.64. The predicted molar refractivity (Wildman–Crippen MR) is 89.3 cm³/mol. The molecule has 2 aromatic rings. The number of halogens is 3. The summed E-state index contributed by atoms with van der Waals surface area (Å²) in [5.74, 6) is 0. The van der Waals surface area contributed by atoms with E-state index in [0.29, 0.717) is 15.6 Å². The van der Waals surface area contributed by atoms with Crippen LogP contribution in [0.4, 0.5) is 11.4 Å². The lowest BCUT2D eigenvalue weighted by atomic mass is 10.1. The van der Waals surface area contributed by atoms with Gasteiger partial charge >= 0.3 is 0 Å². The molecule has 0 amide bonds. The molecule has 0 aliphatic carbocycles. The molecule has 0 fully saturated rings. The van der Waals surface area contributed by atoms with Crippen molar-refractivity contribution in [2.24, 2.45) is 0 Å². The van der Waals surface area contributed by atoms with Gasteiger partial charge in [-0.1, -0.05) is 29.3 Å². The molecule has 0 heterocycles. The van der Waals surface area contributed by atoms with Gasteiger partial charge in [0.1, 0.15) is 0 Å². The van der Waals surface area contributed by atoms with Gasteiger partial charge in [-0.15, -0.1) is 0 Å². The van der Waals surface area contributed by atoms with Crippen molar-refractivity contribution in [1.29, 1.82) is 0 Å². The number of nitrogens with one attached hydrogen (secondary N) is 1. The Kier molecular flexibility index (Phi) is 5.08. The standard InChI is InChI=1S/C14H11BrCl2N2O2/c1-8-5-10(15)13(6-12(8)17)18-7-9-11(16)3-2-4-14(9)19(20)21/h2-6,18H,7H2,1H3. The van der Waals surface area contributed by atoms with Gasteiger partial charge < -0.3 is 5.32 Å². The molecule has 4 nitrogen and oxygen atoms in total. The molecule has 2 aromatic carbocycles. The van der Waals surface area contributed by atoms with Crippen molar-refractivity contribution in [2.45, 2.75) is 13.5 Å². The van der Waals surface area contributed by atoms with Crippen molar-refractivity contribution in [3.63, 3.8) is 0 Å². The Labute approximate surface area is 140 Å². The highest BCUT2D eigenvalue weighted by atomic mass is 79.9. The second-order valence-electron chi connectivity index (χ2n) is 4.43. The van der Waals surface area contributed by atoms with E-state index in [1.54, 1.807) is 18.2 Å². The first-order valence-electron chi connectivity index (χ1n) is 6.01. The van der Waals surface area contributed by atoms with Gasteiger partial charge in [0.05, 0.1) is 21.2 Å². The van der Waals surface area contributed by atoms with Crippen LogP contribution in [-0.4, -0.2) is 4.92 Å². The maximum absolute atomic E-state index is 11.0. The Morgan fingerprint density at radius 1 is 1.29 bits per heavy atom. The molecule has 0 spiro atoms. The van der Waals surface area contributed by atoms with Gasteiger partial charge in [0.15, 0.2) is 0 Å². The molecular formula is C14H11BrCl2N2O2. The summed E-state index contributed by atoms with van der Waals surface area (Å²) in [6, 6.07) is 8.26. The smallest absolute Gasteiger partial charge is 0.275 e. The van der Waals surface area contributed by atoms with Crippen LogP contribution in [0.5, 0.6) is 0 Å². The molecule has 0 bridgehead atoms. The number of hydrogen-bond acceptors (Lipinski definition) is 3. The monoisotopic (exact) mass is 388 g/mol. The lowest BCUT2D eigenvalue weighted by Gasteiger charge is -2.12. The molecule has 0 aromatic heterocycles. The Morgan fingerprint density at radius 2 is 2.00 bits per heavy atom. The molecule has 21 heavy (non-hydrogen) atoms. The van der Waals surface area contributed by atoms with Crippen LogP contribution in [0.3, 0.4) is 0 Å². The largest absolute Gasteiger partial charge is 0.380 e. The minimum absolute atomic E-state index is 0.00988. The first-order valence-corrected chi connectivity index (χ1v) is 7.56. The first-order chi connectivity index (χ1) is 9.90. The Morgan fingerprint density at radius 3 is 2.67 bits per heavy atom. The van der Waals surface area contributed by atoms with Crippen LogP contribution in [-0.2, 0) is 6.54 Å². The summed E-state index contributed by atoms with van der Waals surface area (Å²) < 4.78 is 0.833. The molecule has 0 radical (unpaired) electrons. The van der Waals surface area contributed by atoms with Crippen LogP contribution < -0.4 is 5.32 Å². The fourth-order valence-electron chi connectivity index (χ4n) is 1.86. The Balaban J connectivity index is 2.29. The Bertz CT molecular complexity index is 708. The number of nitro benzene ring substituents is 1. The molecule has 110 valence electrons. The van der Waals surface area contributed by atoms with E-state index in [9.17, 15) is 10.1 Å². The van der Waals surface area contributed by atoms with Crippen LogP contribution in [0, 0.1) is 17.0 Å². The number of anilines is 1. The van der Waals surface area contributed by atoms with Crippen molar-refractivity contribution in [2.75, 3.05) is 5.32 Å². The van der Waals surface area contributed by atoms with Gasteiger partial charge in [-0.05, 0) is 46.6 Å². The van der Waals surface area contributed by atoms with Crippen LogP contribution in [0.25, 0.3) is 0 Å². The molecule has 0 aliphatic rings. The highest BCUT2D eigenvalue weighted by Crippen LogP contribution is 2.31. The average Bonchev–Trinajstić information content (AvgIpc) is 2.42. The topological polar surface area (TPSA) is 55.2 Å². The molecule has 7 heteroatoms. The van der Waals surface area contributed by atoms with Gasteiger partial charge in [-0.2, -0.15) is 0 Å². The maximum atomic E-state index is 11.0.